The number of hydrogen-bond acceptors (Lipinski definition) is 4. The van der Waals surface area contributed by atoms with Crippen LogP contribution < -0.4 is 11.2 Å². The van der Waals surface area contributed by atoms with Gasteiger partial charge in [-0.2, -0.15) is 0 Å². The van der Waals surface area contributed by atoms with Crippen molar-refractivity contribution in [1.29, 1.82) is 0 Å². The molecule has 0 fully saturated rings. The SMILES string of the molecule is CCCn1cnc2c1c(=O)n(CCCCCC(C)O)c(=O)n2C. The number of fused-ring (bicyclic) bond motifs is 1. The maximum absolute atomic E-state index is 12.7. The average molecular weight is 322 g/mol. The zero-order valence-electron chi connectivity index (χ0n) is 14.2. The van der Waals surface area contributed by atoms with Gasteiger partial charge in [0.25, 0.3) is 5.56 Å². The molecular formula is C16H26N4O3. The Bertz CT molecular complexity index is 770. The Kier molecular flexibility index (Phi) is 5.76. The second-order valence-corrected chi connectivity index (χ2v) is 6.11. The molecule has 0 aliphatic rings. The fraction of sp³-hybridized carbons (Fsp3) is 0.688. The molecule has 7 heteroatoms. The van der Waals surface area contributed by atoms with Crippen LogP contribution in [0.3, 0.4) is 0 Å². The Hall–Kier alpha value is -1.89. The topological polar surface area (TPSA) is 82.1 Å². The van der Waals surface area contributed by atoms with Gasteiger partial charge >= 0.3 is 5.69 Å². The fourth-order valence-electron chi connectivity index (χ4n) is 2.82. The van der Waals surface area contributed by atoms with E-state index < -0.39 is 0 Å². The van der Waals surface area contributed by atoms with Gasteiger partial charge in [-0.3, -0.25) is 13.9 Å². The van der Waals surface area contributed by atoms with Crippen molar-refractivity contribution >= 4 is 11.2 Å². The summed E-state index contributed by atoms with van der Waals surface area (Å²) >= 11 is 0. The molecule has 0 spiro atoms. The molecule has 0 saturated heterocycles. The van der Waals surface area contributed by atoms with Crippen molar-refractivity contribution in [3.8, 4) is 0 Å². The summed E-state index contributed by atoms with van der Waals surface area (Å²) in [5, 5.41) is 9.25. The van der Waals surface area contributed by atoms with E-state index in [1.807, 2.05) is 11.5 Å². The van der Waals surface area contributed by atoms with Gasteiger partial charge in [-0.15, -0.1) is 0 Å². The van der Waals surface area contributed by atoms with Crippen LogP contribution >= 0.6 is 0 Å². The Morgan fingerprint density at radius 1 is 1.22 bits per heavy atom. The van der Waals surface area contributed by atoms with Crippen LogP contribution in [0.2, 0.25) is 0 Å². The Labute approximate surface area is 135 Å². The minimum Gasteiger partial charge on any atom is -0.393 e. The number of unbranched alkanes of at least 4 members (excludes halogenated alkanes) is 2. The highest BCUT2D eigenvalue weighted by atomic mass is 16.3. The van der Waals surface area contributed by atoms with Crippen molar-refractivity contribution < 1.29 is 5.11 Å². The van der Waals surface area contributed by atoms with Crippen molar-refractivity contribution in [3.63, 3.8) is 0 Å². The molecule has 0 aliphatic carbocycles. The van der Waals surface area contributed by atoms with E-state index in [0.717, 1.165) is 32.1 Å². The zero-order chi connectivity index (χ0) is 17.0. The number of nitrogens with zero attached hydrogens (tertiary/aromatic N) is 4. The maximum Gasteiger partial charge on any atom is 0.332 e. The quantitative estimate of drug-likeness (QED) is 0.742. The Balaban J connectivity index is 2.27. The first kappa shape index (κ1) is 17.5. The van der Waals surface area contributed by atoms with Crippen LogP contribution in [0, 0.1) is 0 Å². The van der Waals surface area contributed by atoms with Crippen LogP contribution in [0.15, 0.2) is 15.9 Å². The largest absolute Gasteiger partial charge is 0.393 e. The van der Waals surface area contributed by atoms with Gasteiger partial charge in [-0.1, -0.05) is 19.8 Å². The molecule has 2 aromatic rings. The molecule has 1 unspecified atom stereocenters. The third-order valence-corrected chi connectivity index (χ3v) is 4.07. The molecule has 23 heavy (non-hydrogen) atoms. The first-order valence-corrected chi connectivity index (χ1v) is 8.30. The Morgan fingerprint density at radius 2 is 1.96 bits per heavy atom. The second-order valence-electron chi connectivity index (χ2n) is 6.11. The van der Waals surface area contributed by atoms with E-state index in [0.29, 0.717) is 24.3 Å². The van der Waals surface area contributed by atoms with Crippen LogP contribution in [-0.4, -0.2) is 29.9 Å². The number of aromatic nitrogens is 4. The number of aryl methyl sites for hydroxylation is 2. The number of aliphatic hydroxyl groups excluding tert-OH is 1. The van der Waals surface area contributed by atoms with Crippen LogP contribution in [0.5, 0.6) is 0 Å². The van der Waals surface area contributed by atoms with Crippen molar-refractivity contribution in [3.05, 3.63) is 27.2 Å². The summed E-state index contributed by atoms with van der Waals surface area (Å²) in [4.78, 5) is 29.3. The lowest BCUT2D eigenvalue weighted by atomic mass is 10.1. The van der Waals surface area contributed by atoms with E-state index in [1.54, 1.807) is 20.3 Å². The summed E-state index contributed by atoms with van der Waals surface area (Å²) in [6.07, 6.45) is 5.49. The lowest BCUT2D eigenvalue weighted by molar-refractivity contribution is 0.180. The van der Waals surface area contributed by atoms with Crippen LogP contribution in [0.25, 0.3) is 11.2 Å². The third kappa shape index (κ3) is 3.72. The number of imidazole rings is 1. The first-order chi connectivity index (χ1) is 11.0. The zero-order valence-corrected chi connectivity index (χ0v) is 14.2. The van der Waals surface area contributed by atoms with Crippen LogP contribution in [0.4, 0.5) is 0 Å². The molecule has 0 saturated carbocycles. The summed E-state index contributed by atoms with van der Waals surface area (Å²) in [5.41, 5.74) is 0.362. The molecule has 128 valence electrons. The minimum atomic E-state index is -0.320. The molecule has 1 N–H and O–H groups in total. The average Bonchev–Trinajstić information content (AvgIpc) is 2.92. The highest BCUT2D eigenvalue weighted by Crippen LogP contribution is 2.07. The summed E-state index contributed by atoms with van der Waals surface area (Å²) in [6.45, 7) is 4.91. The molecule has 2 rings (SSSR count). The van der Waals surface area contributed by atoms with Crippen LogP contribution in [-0.2, 0) is 20.1 Å². The molecule has 7 nitrogen and oxygen atoms in total. The fourth-order valence-corrected chi connectivity index (χ4v) is 2.82. The van der Waals surface area contributed by atoms with Gasteiger partial charge in [0.1, 0.15) is 0 Å². The number of hydrogen-bond donors (Lipinski definition) is 1. The highest BCUT2D eigenvalue weighted by molar-refractivity contribution is 5.69. The molecule has 0 aromatic carbocycles. The summed E-state index contributed by atoms with van der Waals surface area (Å²) in [5.74, 6) is 0. The molecule has 0 bridgehead atoms. The van der Waals surface area contributed by atoms with Gasteiger partial charge in [0, 0.05) is 20.1 Å². The summed E-state index contributed by atoms with van der Waals surface area (Å²) < 4.78 is 4.57. The van der Waals surface area contributed by atoms with Crippen molar-refractivity contribution in [2.24, 2.45) is 7.05 Å². The van der Waals surface area contributed by atoms with Crippen molar-refractivity contribution in [2.75, 3.05) is 0 Å². The third-order valence-electron chi connectivity index (χ3n) is 4.07. The standard InChI is InChI=1S/C16H26N4O3/c1-4-9-19-11-17-14-13(19)15(22)20(16(23)18(14)3)10-7-5-6-8-12(2)21/h11-12,21H,4-10H2,1-3H3. The van der Waals surface area contributed by atoms with Gasteiger partial charge in [0.2, 0.25) is 0 Å². The van der Waals surface area contributed by atoms with E-state index in [1.165, 1.54) is 9.13 Å². The number of rotatable bonds is 8. The normalized spacial score (nSPS) is 12.9. The lowest BCUT2D eigenvalue weighted by Gasteiger charge is -2.09. The monoisotopic (exact) mass is 322 g/mol. The predicted molar refractivity (Wildman–Crippen MR) is 89.7 cm³/mol. The van der Waals surface area contributed by atoms with E-state index in [4.69, 9.17) is 0 Å². The minimum absolute atomic E-state index is 0.260. The Morgan fingerprint density at radius 3 is 2.61 bits per heavy atom. The predicted octanol–water partition coefficient (Wildman–Crippen LogP) is 1.25. The molecule has 0 radical (unpaired) electrons. The molecule has 1 atom stereocenters. The molecule has 2 heterocycles. The molecule has 0 amide bonds. The van der Waals surface area contributed by atoms with Crippen LogP contribution in [0.1, 0.15) is 46.0 Å². The number of aliphatic hydroxyl groups is 1. The van der Waals surface area contributed by atoms with Gasteiger partial charge in [-0.25, -0.2) is 9.78 Å². The van der Waals surface area contributed by atoms with E-state index in [9.17, 15) is 14.7 Å². The van der Waals surface area contributed by atoms with Gasteiger partial charge in [0.15, 0.2) is 11.2 Å². The van der Waals surface area contributed by atoms with E-state index >= 15 is 0 Å². The van der Waals surface area contributed by atoms with Gasteiger partial charge in [0.05, 0.1) is 12.4 Å². The van der Waals surface area contributed by atoms with Gasteiger partial charge < -0.3 is 9.67 Å². The van der Waals surface area contributed by atoms with Gasteiger partial charge in [-0.05, 0) is 26.2 Å². The van der Waals surface area contributed by atoms with Crippen molar-refractivity contribution in [1.82, 2.24) is 18.7 Å². The van der Waals surface area contributed by atoms with Crippen molar-refractivity contribution in [2.45, 2.75) is 65.1 Å². The second kappa shape index (κ2) is 7.59. The highest BCUT2D eigenvalue weighted by Gasteiger charge is 2.15. The molecule has 2 aromatic heterocycles. The van der Waals surface area contributed by atoms with E-state index in [-0.39, 0.29) is 17.4 Å². The molecular weight excluding hydrogens is 296 g/mol. The maximum atomic E-state index is 12.7. The first-order valence-electron chi connectivity index (χ1n) is 8.30. The lowest BCUT2D eigenvalue weighted by Crippen LogP contribution is -2.39. The van der Waals surface area contributed by atoms with E-state index in [2.05, 4.69) is 4.98 Å². The summed E-state index contributed by atoms with van der Waals surface area (Å²) in [7, 11) is 1.65. The summed E-state index contributed by atoms with van der Waals surface area (Å²) in [6, 6.07) is 0. The smallest absolute Gasteiger partial charge is 0.332 e. The molecule has 0 aliphatic heterocycles.